The Bertz CT molecular complexity index is 858. The van der Waals surface area contributed by atoms with E-state index in [9.17, 15) is 0 Å². The van der Waals surface area contributed by atoms with E-state index in [1.807, 2.05) is 0 Å². The SMILES string of the molecule is CCc1ccc(CNC2CC(c3ccccc3)CCN2Cc2ccccc2)cc1. The second kappa shape index (κ2) is 9.87. The summed E-state index contributed by atoms with van der Waals surface area (Å²) in [6.07, 6.45) is 3.87. The molecular formula is C27H32N2. The third-order valence-electron chi connectivity index (χ3n) is 6.19. The summed E-state index contributed by atoms with van der Waals surface area (Å²) in [4.78, 5) is 2.62. The maximum Gasteiger partial charge on any atom is 0.0608 e. The molecule has 2 atom stereocenters. The standard InChI is InChI=1S/C27H32N2/c1-2-22-13-15-23(16-14-22)20-28-27-19-26(25-11-7-4-8-12-25)17-18-29(27)21-24-9-5-3-6-10-24/h3-16,26-28H,2,17-21H2,1H3. The number of hydrogen-bond acceptors (Lipinski definition) is 2. The van der Waals surface area contributed by atoms with Gasteiger partial charge in [-0.2, -0.15) is 0 Å². The van der Waals surface area contributed by atoms with Crippen LogP contribution in [0, 0.1) is 0 Å². The summed E-state index contributed by atoms with van der Waals surface area (Å²) in [5, 5.41) is 3.87. The lowest BCUT2D eigenvalue weighted by atomic mass is 9.87. The normalized spacial score (nSPS) is 19.9. The van der Waals surface area contributed by atoms with Crippen molar-refractivity contribution in [2.45, 2.75) is 51.4 Å². The summed E-state index contributed by atoms with van der Waals surface area (Å²) < 4.78 is 0. The predicted octanol–water partition coefficient (Wildman–Crippen LogP) is 5.74. The minimum Gasteiger partial charge on any atom is -0.298 e. The molecule has 1 saturated heterocycles. The molecule has 4 rings (SSSR count). The minimum atomic E-state index is 0.389. The van der Waals surface area contributed by atoms with Gasteiger partial charge in [-0.1, -0.05) is 91.9 Å². The molecule has 1 fully saturated rings. The van der Waals surface area contributed by atoms with Gasteiger partial charge in [-0.15, -0.1) is 0 Å². The molecule has 3 aromatic carbocycles. The highest BCUT2D eigenvalue weighted by Gasteiger charge is 2.29. The van der Waals surface area contributed by atoms with Crippen molar-refractivity contribution in [2.24, 2.45) is 0 Å². The molecule has 29 heavy (non-hydrogen) atoms. The Balaban J connectivity index is 1.46. The molecule has 2 unspecified atom stereocenters. The molecule has 1 aliphatic heterocycles. The maximum atomic E-state index is 3.87. The zero-order valence-electron chi connectivity index (χ0n) is 17.4. The number of aryl methyl sites for hydroxylation is 1. The van der Waals surface area contributed by atoms with Crippen molar-refractivity contribution in [1.82, 2.24) is 10.2 Å². The first-order chi connectivity index (χ1) is 14.3. The summed E-state index contributed by atoms with van der Waals surface area (Å²) in [5.41, 5.74) is 5.64. The van der Waals surface area contributed by atoms with Gasteiger partial charge in [-0.25, -0.2) is 0 Å². The Morgan fingerprint density at radius 3 is 2.14 bits per heavy atom. The quantitative estimate of drug-likeness (QED) is 0.558. The lowest BCUT2D eigenvalue weighted by Crippen LogP contribution is -2.49. The van der Waals surface area contributed by atoms with Crippen molar-refractivity contribution >= 4 is 0 Å². The van der Waals surface area contributed by atoms with Gasteiger partial charge in [0, 0.05) is 19.6 Å². The van der Waals surface area contributed by atoms with Crippen LogP contribution in [-0.4, -0.2) is 17.6 Å². The van der Waals surface area contributed by atoms with Gasteiger partial charge in [-0.05, 0) is 47.4 Å². The minimum absolute atomic E-state index is 0.389. The van der Waals surface area contributed by atoms with Gasteiger partial charge >= 0.3 is 0 Å². The van der Waals surface area contributed by atoms with Gasteiger partial charge in [-0.3, -0.25) is 10.2 Å². The lowest BCUT2D eigenvalue weighted by Gasteiger charge is -2.40. The lowest BCUT2D eigenvalue weighted by molar-refractivity contribution is 0.0993. The monoisotopic (exact) mass is 384 g/mol. The molecule has 1 aliphatic rings. The van der Waals surface area contributed by atoms with E-state index in [-0.39, 0.29) is 0 Å². The third kappa shape index (κ3) is 5.35. The molecule has 0 bridgehead atoms. The zero-order chi connectivity index (χ0) is 19.9. The van der Waals surface area contributed by atoms with Crippen LogP contribution in [0.5, 0.6) is 0 Å². The fraction of sp³-hybridized carbons (Fsp3) is 0.333. The van der Waals surface area contributed by atoms with Gasteiger partial charge in [0.25, 0.3) is 0 Å². The average Bonchev–Trinajstić information content (AvgIpc) is 2.80. The Morgan fingerprint density at radius 1 is 0.793 bits per heavy atom. The molecule has 1 N–H and O–H groups in total. The van der Waals surface area contributed by atoms with Crippen molar-refractivity contribution in [2.75, 3.05) is 6.54 Å². The summed E-state index contributed by atoms with van der Waals surface area (Å²) >= 11 is 0. The first-order valence-corrected chi connectivity index (χ1v) is 11.0. The van der Waals surface area contributed by atoms with E-state index >= 15 is 0 Å². The van der Waals surface area contributed by atoms with Crippen molar-refractivity contribution in [1.29, 1.82) is 0 Å². The maximum absolute atomic E-state index is 3.87. The highest BCUT2D eigenvalue weighted by Crippen LogP contribution is 2.31. The molecule has 0 aliphatic carbocycles. The molecule has 0 radical (unpaired) electrons. The topological polar surface area (TPSA) is 15.3 Å². The fourth-order valence-corrected chi connectivity index (χ4v) is 4.39. The smallest absolute Gasteiger partial charge is 0.0608 e. The van der Waals surface area contributed by atoms with E-state index in [0.717, 1.165) is 32.5 Å². The molecule has 0 amide bonds. The molecule has 3 aromatic rings. The van der Waals surface area contributed by atoms with Gasteiger partial charge in [0.1, 0.15) is 0 Å². The van der Waals surface area contributed by atoms with Crippen LogP contribution >= 0.6 is 0 Å². The highest BCUT2D eigenvalue weighted by atomic mass is 15.3. The van der Waals surface area contributed by atoms with Crippen LogP contribution in [0.2, 0.25) is 0 Å². The molecule has 150 valence electrons. The van der Waals surface area contributed by atoms with Crippen molar-refractivity contribution in [3.63, 3.8) is 0 Å². The second-order valence-electron chi connectivity index (χ2n) is 8.15. The number of nitrogens with one attached hydrogen (secondary N) is 1. The molecule has 0 aromatic heterocycles. The number of likely N-dealkylation sites (tertiary alicyclic amines) is 1. The van der Waals surface area contributed by atoms with Gasteiger partial charge in [0.15, 0.2) is 0 Å². The van der Waals surface area contributed by atoms with Crippen molar-refractivity contribution in [3.05, 3.63) is 107 Å². The van der Waals surface area contributed by atoms with Gasteiger partial charge in [0.05, 0.1) is 6.17 Å². The number of benzene rings is 3. The number of nitrogens with zero attached hydrogens (tertiary/aromatic N) is 1. The third-order valence-corrected chi connectivity index (χ3v) is 6.19. The molecule has 0 spiro atoms. The van der Waals surface area contributed by atoms with E-state index in [4.69, 9.17) is 0 Å². The summed E-state index contributed by atoms with van der Waals surface area (Å²) in [6.45, 7) is 5.26. The van der Waals surface area contributed by atoms with Gasteiger partial charge < -0.3 is 0 Å². The zero-order valence-corrected chi connectivity index (χ0v) is 17.4. The fourth-order valence-electron chi connectivity index (χ4n) is 4.39. The number of hydrogen-bond donors (Lipinski definition) is 1. The Morgan fingerprint density at radius 2 is 1.45 bits per heavy atom. The Hall–Kier alpha value is -2.42. The molecule has 2 heteroatoms. The van der Waals surface area contributed by atoms with Crippen LogP contribution in [0.4, 0.5) is 0 Å². The van der Waals surface area contributed by atoms with E-state index < -0.39 is 0 Å². The van der Waals surface area contributed by atoms with Crippen molar-refractivity contribution < 1.29 is 0 Å². The van der Waals surface area contributed by atoms with E-state index in [1.54, 1.807) is 0 Å². The Labute approximate surface area is 175 Å². The summed E-state index contributed by atoms with van der Waals surface area (Å²) in [6, 6.07) is 30.9. The van der Waals surface area contributed by atoms with E-state index in [0.29, 0.717) is 12.1 Å². The predicted molar refractivity (Wildman–Crippen MR) is 122 cm³/mol. The molecular weight excluding hydrogens is 352 g/mol. The van der Waals surface area contributed by atoms with Crippen LogP contribution in [0.1, 0.15) is 47.9 Å². The molecule has 0 saturated carbocycles. The molecule has 1 heterocycles. The van der Waals surface area contributed by atoms with Crippen LogP contribution in [-0.2, 0) is 19.5 Å². The van der Waals surface area contributed by atoms with E-state index in [2.05, 4.69) is 102 Å². The highest BCUT2D eigenvalue weighted by molar-refractivity contribution is 5.23. The number of rotatable bonds is 7. The summed E-state index contributed by atoms with van der Waals surface area (Å²) in [5.74, 6) is 0.628. The summed E-state index contributed by atoms with van der Waals surface area (Å²) in [7, 11) is 0. The Kier molecular flexibility index (Phi) is 6.76. The largest absolute Gasteiger partial charge is 0.298 e. The van der Waals surface area contributed by atoms with Crippen molar-refractivity contribution in [3.8, 4) is 0 Å². The molecule has 2 nitrogen and oxygen atoms in total. The van der Waals surface area contributed by atoms with Crippen LogP contribution in [0.3, 0.4) is 0 Å². The van der Waals surface area contributed by atoms with Crippen LogP contribution in [0.15, 0.2) is 84.9 Å². The first kappa shape index (κ1) is 19.9. The second-order valence-corrected chi connectivity index (χ2v) is 8.15. The van der Waals surface area contributed by atoms with E-state index in [1.165, 1.54) is 28.7 Å². The van der Waals surface area contributed by atoms with Crippen LogP contribution in [0.25, 0.3) is 0 Å². The van der Waals surface area contributed by atoms with Crippen LogP contribution < -0.4 is 5.32 Å². The number of piperidine rings is 1. The van der Waals surface area contributed by atoms with Gasteiger partial charge in [0.2, 0.25) is 0 Å². The first-order valence-electron chi connectivity index (χ1n) is 11.0. The average molecular weight is 385 g/mol.